The highest BCUT2D eigenvalue weighted by Crippen LogP contribution is 2.60. The number of alkyl halides is 3. The zero-order valence-corrected chi connectivity index (χ0v) is 30.8. The highest BCUT2D eigenvalue weighted by molar-refractivity contribution is 6.07. The van der Waals surface area contributed by atoms with Crippen molar-refractivity contribution in [2.24, 2.45) is 5.41 Å². The van der Waals surface area contributed by atoms with E-state index in [9.17, 15) is 32.3 Å². The van der Waals surface area contributed by atoms with Crippen molar-refractivity contribution in [2.45, 2.75) is 104 Å². The second kappa shape index (κ2) is 14.2. The van der Waals surface area contributed by atoms with E-state index in [1.54, 1.807) is 35.8 Å². The van der Waals surface area contributed by atoms with Crippen molar-refractivity contribution in [3.05, 3.63) is 65.0 Å². The van der Waals surface area contributed by atoms with Crippen molar-refractivity contribution < 1.29 is 32.3 Å². The zero-order valence-electron chi connectivity index (χ0n) is 30.8. The predicted molar refractivity (Wildman–Crippen MR) is 193 cm³/mol. The van der Waals surface area contributed by atoms with Gasteiger partial charge in [-0.15, -0.1) is 0 Å². The van der Waals surface area contributed by atoms with Crippen LogP contribution in [0.3, 0.4) is 0 Å². The first-order chi connectivity index (χ1) is 25.7. The van der Waals surface area contributed by atoms with Gasteiger partial charge in [0.2, 0.25) is 17.7 Å². The lowest BCUT2D eigenvalue weighted by molar-refractivity contribution is -0.141. The van der Waals surface area contributed by atoms with Crippen LogP contribution >= 0.6 is 0 Å². The van der Waals surface area contributed by atoms with Crippen LogP contribution in [0.2, 0.25) is 0 Å². The van der Waals surface area contributed by atoms with Gasteiger partial charge in [-0.25, -0.2) is 15.0 Å². The third-order valence-corrected chi connectivity index (χ3v) is 11.1. The number of nitrogens with zero attached hydrogens (tertiary/aromatic N) is 7. The van der Waals surface area contributed by atoms with E-state index in [1.807, 2.05) is 19.1 Å². The molecule has 1 saturated carbocycles. The van der Waals surface area contributed by atoms with Crippen LogP contribution in [0.5, 0.6) is 0 Å². The topological polar surface area (TPSA) is 143 Å². The average Bonchev–Trinajstić information content (AvgIpc) is 3.52. The van der Waals surface area contributed by atoms with Crippen molar-refractivity contribution in [1.29, 1.82) is 0 Å². The Balaban J connectivity index is 1.30. The molecule has 4 aromatic rings. The highest BCUT2D eigenvalue weighted by atomic mass is 19.4. The first-order valence-corrected chi connectivity index (χ1v) is 18.5. The van der Waals surface area contributed by atoms with Gasteiger partial charge in [0.05, 0.1) is 5.52 Å². The molecular formula is C39H43F3N8O4. The summed E-state index contributed by atoms with van der Waals surface area (Å²) >= 11 is 0. The maximum Gasteiger partial charge on any atom is 0.433 e. The van der Waals surface area contributed by atoms with Crippen LogP contribution in [-0.2, 0) is 33.5 Å². The summed E-state index contributed by atoms with van der Waals surface area (Å²) in [4.78, 5) is 70.8. The van der Waals surface area contributed by atoms with Gasteiger partial charge in [0.15, 0.2) is 5.78 Å². The molecule has 3 amide bonds. The molecule has 2 aliphatic heterocycles. The third kappa shape index (κ3) is 7.07. The second-order valence-corrected chi connectivity index (χ2v) is 14.9. The van der Waals surface area contributed by atoms with Gasteiger partial charge in [0.25, 0.3) is 0 Å². The molecule has 284 valence electrons. The number of carbonyl (C=O) groups excluding carboxylic acids is 4. The van der Waals surface area contributed by atoms with E-state index in [0.717, 1.165) is 42.0 Å². The van der Waals surface area contributed by atoms with E-state index in [4.69, 9.17) is 5.10 Å². The number of piperidine rings is 1. The number of pyridine rings is 1. The number of rotatable bonds is 5. The van der Waals surface area contributed by atoms with E-state index >= 15 is 0 Å². The molecule has 1 saturated heterocycles. The van der Waals surface area contributed by atoms with E-state index in [1.165, 1.54) is 17.9 Å². The van der Waals surface area contributed by atoms with Crippen LogP contribution in [0.25, 0.3) is 22.0 Å². The number of Topliss-reactive ketones (excluding diaryl/α,β-unsaturated/α-hetero) is 1. The molecule has 3 aromatic heterocycles. The van der Waals surface area contributed by atoms with Crippen LogP contribution in [-0.4, -0.2) is 83.2 Å². The molecule has 15 heteroatoms. The minimum Gasteiger partial charge on any atom is -0.342 e. The Morgan fingerprint density at radius 3 is 2.37 bits per heavy atom. The van der Waals surface area contributed by atoms with Gasteiger partial charge in [-0.3, -0.25) is 23.9 Å². The monoisotopic (exact) mass is 744 g/mol. The Hall–Kier alpha value is -5.21. The second-order valence-electron chi connectivity index (χ2n) is 14.9. The third-order valence-electron chi connectivity index (χ3n) is 11.1. The number of aromatic nitrogens is 5. The van der Waals surface area contributed by atoms with Crippen LogP contribution in [0.15, 0.2) is 36.7 Å². The highest BCUT2D eigenvalue weighted by Gasteiger charge is 2.67. The van der Waals surface area contributed by atoms with Gasteiger partial charge in [-0.05, 0) is 87.8 Å². The normalized spacial score (nSPS) is 22.3. The van der Waals surface area contributed by atoms with Gasteiger partial charge in [0.1, 0.15) is 35.6 Å². The van der Waals surface area contributed by atoms with Gasteiger partial charge >= 0.3 is 6.18 Å². The fourth-order valence-electron chi connectivity index (χ4n) is 8.20. The number of aryl methyl sites for hydroxylation is 3. The molecule has 3 atom stereocenters. The Morgan fingerprint density at radius 2 is 1.69 bits per heavy atom. The van der Waals surface area contributed by atoms with Crippen molar-refractivity contribution in [3.63, 3.8) is 0 Å². The molecule has 1 aliphatic carbocycles. The molecule has 1 N–H and O–H groups in total. The lowest BCUT2D eigenvalue weighted by Crippen LogP contribution is -2.47. The predicted octanol–water partition coefficient (Wildman–Crippen LogP) is 6.08. The smallest absolute Gasteiger partial charge is 0.342 e. The molecule has 7 rings (SSSR count). The summed E-state index contributed by atoms with van der Waals surface area (Å²) in [5.74, 6) is -0.953. The fraction of sp³-hybridized carbons (Fsp3) is 0.487. The van der Waals surface area contributed by atoms with Gasteiger partial charge in [-0.2, -0.15) is 18.3 Å². The summed E-state index contributed by atoms with van der Waals surface area (Å²) in [7, 11) is 0. The number of amides is 3. The lowest BCUT2D eigenvalue weighted by Gasteiger charge is -2.27. The number of anilines is 1. The Labute approximate surface area is 310 Å². The molecule has 2 bridgehead atoms. The number of hydrogen-bond donors (Lipinski definition) is 1. The van der Waals surface area contributed by atoms with Crippen molar-refractivity contribution in [1.82, 2.24) is 34.5 Å². The molecule has 5 heterocycles. The van der Waals surface area contributed by atoms with E-state index in [0.29, 0.717) is 61.1 Å². The first-order valence-electron chi connectivity index (χ1n) is 18.5. The SMILES string of the molecule is CCN1C[C@@]23C[C@@H](C(=O)Nc4nc(C(F)(F)F)ccc4C)N(C(=O)Cn4nc(C(C)=O)c5cc(-c6cnc(C)nc6)cc(c54)CCCCCCC1=O)[C@@H]2C3. The van der Waals surface area contributed by atoms with E-state index < -0.39 is 35.1 Å². The molecule has 54 heavy (non-hydrogen) atoms. The minimum atomic E-state index is -4.72. The van der Waals surface area contributed by atoms with E-state index in [2.05, 4.69) is 20.3 Å². The van der Waals surface area contributed by atoms with Crippen LogP contribution in [0.4, 0.5) is 19.0 Å². The number of ketones is 1. The molecule has 0 radical (unpaired) electrons. The first kappa shape index (κ1) is 37.1. The number of hydrogen-bond acceptors (Lipinski definition) is 8. The number of nitrogens with one attached hydrogen (secondary N) is 1. The molecule has 3 aliphatic rings. The maximum atomic E-state index is 14.6. The van der Waals surface area contributed by atoms with Crippen molar-refractivity contribution >= 4 is 40.2 Å². The Kier molecular flexibility index (Phi) is 9.77. The van der Waals surface area contributed by atoms with Gasteiger partial charge in [0, 0.05) is 61.2 Å². The Bertz CT molecular complexity index is 2150. The zero-order chi connectivity index (χ0) is 38.5. The lowest BCUT2D eigenvalue weighted by atomic mass is 9.96. The van der Waals surface area contributed by atoms with Crippen LogP contribution in [0.1, 0.15) is 91.9 Å². The van der Waals surface area contributed by atoms with E-state index in [-0.39, 0.29) is 42.2 Å². The average molecular weight is 745 g/mol. The van der Waals surface area contributed by atoms with Gasteiger partial charge < -0.3 is 15.1 Å². The summed E-state index contributed by atoms with van der Waals surface area (Å²) in [6.07, 6.45) is 3.76. The van der Waals surface area contributed by atoms with Crippen LogP contribution < -0.4 is 5.32 Å². The summed E-state index contributed by atoms with van der Waals surface area (Å²) in [5, 5.41) is 7.87. The molecule has 2 fully saturated rings. The van der Waals surface area contributed by atoms with Crippen molar-refractivity contribution in [3.8, 4) is 11.1 Å². The number of halogens is 3. The molecule has 0 spiro atoms. The molecule has 1 aromatic carbocycles. The summed E-state index contributed by atoms with van der Waals surface area (Å²) in [6.45, 7) is 7.22. The maximum absolute atomic E-state index is 14.6. The minimum absolute atomic E-state index is 0.0167. The van der Waals surface area contributed by atoms with Crippen molar-refractivity contribution in [2.75, 3.05) is 18.4 Å². The summed E-state index contributed by atoms with van der Waals surface area (Å²) < 4.78 is 42.2. The summed E-state index contributed by atoms with van der Waals surface area (Å²) in [5.41, 5.74) is 1.95. The number of benzene rings is 1. The molecular weight excluding hydrogens is 701 g/mol. The molecule has 12 nitrogen and oxygen atoms in total. The standard InChI is InChI=1S/C39H43F3N8O4/c1-5-48-21-38-16-29(37(54)46-36-22(2)12-13-30(45-36)39(40,41)42)50(31(38)17-38)33(53)20-49-35-25(10-8-6-7-9-11-32(48)52)14-26(27-18-43-24(4)44-19-27)15-28(35)34(47-49)23(3)51/h12-15,18-19,29,31H,5-11,16-17,20-21H2,1-4H3,(H,45,46,54)/t29-,31+,38-/m0/s1. The molecule has 0 unspecified atom stereocenters. The fourth-order valence-corrected chi connectivity index (χ4v) is 8.20. The summed E-state index contributed by atoms with van der Waals surface area (Å²) in [6, 6.07) is 4.56. The van der Waals surface area contributed by atoms with Crippen LogP contribution in [0, 0.1) is 19.3 Å². The number of carbonyl (C=O) groups is 4. The Morgan fingerprint density at radius 1 is 0.963 bits per heavy atom. The largest absolute Gasteiger partial charge is 0.433 e. The quantitative estimate of drug-likeness (QED) is 0.243. The van der Waals surface area contributed by atoms with Gasteiger partial charge in [-0.1, -0.05) is 18.9 Å².